The fourth-order valence-electron chi connectivity index (χ4n) is 1.32. The number of rotatable bonds is 6. The van der Waals surface area contributed by atoms with Crippen LogP contribution in [0.3, 0.4) is 0 Å². The molecule has 0 aromatic carbocycles. The predicted molar refractivity (Wildman–Crippen MR) is 65.9 cm³/mol. The Kier molecular flexibility index (Phi) is 4.88. The molecule has 18 heavy (non-hydrogen) atoms. The normalized spacial score (nSPS) is 11.8. The van der Waals surface area contributed by atoms with Crippen LogP contribution in [0.25, 0.3) is 0 Å². The highest BCUT2D eigenvalue weighted by molar-refractivity contribution is 7.89. The molecule has 8 heteroatoms. The predicted octanol–water partition coefficient (Wildman–Crippen LogP) is -0.359. The molecule has 1 aromatic rings. The van der Waals surface area contributed by atoms with E-state index in [4.69, 9.17) is 0 Å². The number of carbonyl (C=O) groups is 1. The maximum atomic E-state index is 12.1. The summed E-state index contributed by atoms with van der Waals surface area (Å²) in [6, 6.07) is 1.26. The fraction of sp³-hybridized carbons (Fsp3) is 0.500. The first-order valence-electron chi connectivity index (χ1n) is 5.31. The second kappa shape index (κ2) is 5.98. The Morgan fingerprint density at radius 1 is 1.56 bits per heavy atom. The number of esters is 1. The number of methoxy groups -OCH3 is 1. The average Bonchev–Trinajstić information content (AvgIpc) is 2.84. The molecule has 0 aliphatic rings. The average molecular weight is 275 g/mol. The van der Waals surface area contributed by atoms with E-state index in [9.17, 15) is 13.2 Å². The Hall–Kier alpha value is -1.38. The smallest absolute Gasteiger partial charge is 0.354 e. The summed E-state index contributed by atoms with van der Waals surface area (Å²) < 4.78 is 29.9. The van der Waals surface area contributed by atoms with Crippen molar-refractivity contribution in [1.82, 2.24) is 14.6 Å². The van der Waals surface area contributed by atoms with E-state index in [-0.39, 0.29) is 10.6 Å². The van der Waals surface area contributed by atoms with Crippen molar-refractivity contribution < 1.29 is 17.9 Å². The zero-order valence-electron chi connectivity index (χ0n) is 10.6. The second-order valence-corrected chi connectivity index (χ2v) is 5.72. The summed E-state index contributed by atoms with van der Waals surface area (Å²) in [5, 5.41) is 2.87. The van der Waals surface area contributed by atoms with Crippen LogP contribution >= 0.6 is 0 Å². The molecule has 0 radical (unpaired) electrons. The van der Waals surface area contributed by atoms with Gasteiger partial charge in [-0.2, -0.15) is 4.31 Å². The van der Waals surface area contributed by atoms with Crippen molar-refractivity contribution in [2.75, 3.05) is 34.3 Å². The van der Waals surface area contributed by atoms with Crippen LogP contribution in [0.2, 0.25) is 0 Å². The van der Waals surface area contributed by atoms with Crippen molar-refractivity contribution in [3.8, 4) is 0 Å². The molecular formula is C10H17N3O4S. The standard InChI is InChI=1S/C10H17N3O4S/c1-11-4-5-13(2)18(15,16)8-6-9(12-7-8)10(14)17-3/h6-7,11-12H,4-5H2,1-3H3. The highest BCUT2D eigenvalue weighted by Crippen LogP contribution is 2.15. The van der Waals surface area contributed by atoms with Gasteiger partial charge >= 0.3 is 5.97 Å². The van der Waals surface area contributed by atoms with E-state index in [1.165, 1.54) is 30.7 Å². The lowest BCUT2D eigenvalue weighted by atomic mass is 10.4. The Morgan fingerprint density at radius 2 is 2.22 bits per heavy atom. The summed E-state index contributed by atoms with van der Waals surface area (Å²) in [6.07, 6.45) is 1.28. The lowest BCUT2D eigenvalue weighted by Crippen LogP contribution is -2.32. The molecule has 1 rings (SSSR count). The van der Waals surface area contributed by atoms with E-state index < -0.39 is 16.0 Å². The summed E-state index contributed by atoms with van der Waals surface area (Å²) in [5.74, 6) is -0.602. The minimum atomic E-state index is -3.58. The van der Waals surface area contributed by atoms with Gasteiger partial charge in [-0.05, 0) is 13.1 Å². The van der Waals surface area contributed by atoms with Crippen LogP contribution < -0.4 is 5.32 Å². The number of nitrogens with zero attached hydrogens (tertiary/aromatic N) is 1. The SMILES string of the molecule is CNCCN(C)S(=O)(=O)c1c[nH]c(C(=O)OC)c1. The Balaban J connectivity index is 2.92. The van der Waals surface area contributed by atoms with E-state index >= 15 is 0 Å². The molecular weight excluding hydrogens is 258 g/mol. The number of aromatic amines is 1. The first-order chi connectivity index (χ1) is 8.43. The number of hydrogen-bond donors (Lipinski definition) is 2. The van der Waals surface area contributed by atoms with Crippen LogP contribution in [0.5, 0.6) is 0 Å². The molecule has 1 aromatic heterocycles. The summed E-state index contributed by atoms with van der Waals surface area (Å²) >= 11 is 0. The quantitative estimate of drug-likeness (QED) is 0.692. The van der Waals surface area contributed by atoms with Gasteiger partial charge in [0.25, 0.3) is 0 Å². The lowest BCUT2D eigenvalue weighted by molar-refractivity contribution is 0.0595. The highest BCUT2D eigenvalue weighted by Gasteiger charge is 2.23. The van der Waals surface area contributed by atoms with Crippen LogP contribution in [-0.2, 0) is 14.8 Å². The molecule has 0 bridgehead atoms. The first kappa shape index (κ1) is 14.7. The topological polar surface area (TPSA) is 91.5 Å². The molecule has 0 atom stereocenters. The maximum Gasteiger partial charge on any atom is 0.354 e. The van der Waals surface area contributed by atoms with Crippen LogP contribution in [0.15, 0.2) is 17.2 Å². The highest BCUT2D eigenvalue weighted by atomic mass is 32.2. The molecule has 0 spiro atoms. The van der Waals surface area contributed by atoms with Gasteiger partial charge in [0.1, 0.15) is 10.6 Å². The van der Waals surface area contributed by atoms with Gasteiger partial charge in [0, 0.05) is 26.3 Å². The van der Waals surface area contributed by atoms with Gasteiger partial charge in [0.15, 0.2) is 0 Å². The zero-order valence-corrected chi connectivity index (χ0v) is 11.4. The molecule has 0 unspecified atom stereocenters. The molecule has 0 saturated heterocycles. The van der Waals surface area contributed by atoms with Gasteiger partial charge in [0.2, 0.25) is 10.0 Å². The third-order valence-electron chi connectivity index (χ3n) is 2.45. The lowest BCUT2D eigenvalue weighted by Gasteiger charge is -2.15. The van der Waals surface area contributed by atoms with Crippen LogP contribution in [0.4, 0.5) is 0 Å². The number of likely N-dealkylation sites (N-methyl/N-ethyl adjacent to an activating group) is 2. The van der Waals surface area contributed by atoms with E-state index in [0.29, 0.717) is 13.1 Å². The zero-order chi connectivity index (χ0) is 13.8. The molecule has 0 fully saturated rings. The molecule has 0 saturated carbocycles. The number of carbonyl (C=O) groups excluding carboxylic acids is 1. The summed E-state index contributed by atoms with van der Waals surface area (Å²) in [6.45, 7) is 0.890. The number of H-pyrrole nitrogens is 1. The molecule has 7 nitrogen and oxygen atoms in total. The third-order valence-corrected chi connectivity index (χ3v) is 4.28. The van der Waals surface area contributed by atoms with Gasteiger partial charge in [0.05, 0.1) is 7.11 Å². The van der Waals surface area contributed by atoms with Crippen molar-refractivity contribution >= 4 is 16.0 Å². The van der Waals surface area contributed by atoms with Gasteiger partial charge in [-0.3, -0.25) is 0 Å². The first-order valence-corrected chi connectivity index (χ1v) is 6.75. The largest absolute Gasteiger partial charge is 0.464 e. The van der Waals surface area contributed by atoms with Crippen molar-refractivity contribution in [2.45, 2.75) is 4.90 Å². The fourth-order valence-corrected chi connectivity index (χ4v) is 2.49. The minimum absolute atomic E-state index is 0.0431. The van der Waals surface area contributed by atoms with Gasteiger partial charge in [-0.25, -0.2) is 13.2 Å². The second-order valence-electron chi connectivity index (χ2n) is 3.67. The third kappa shape index (κ3) is 3.09. The summed E-state index contributed by atoms with van der Waals surface area (Å²) in [7, 11) is 0.880. The molecule has 0 aliphatic carbocycles. The summed E-state index contributed by atoms with van der Waals surface area (Å²) in [5.41, 5.74) is 0.109. The van der Waals surface area contributed by atoms with Crippen molar-refractivity contribution in [1.29, 1.82) is 0 Å². The Bertz CT molecular complexity index is 509. The molecule has 2 N–H and O–H groups in total. The number of aromatic nitrogens is 1. The van der Waals surface area contributed by atoms with E-state index in [1.54, 1.807) is 7.05 Å². The summed E-state index contributed by atoms with van der Waals surface area (Å²) in [4.78, 5) is 13.8. The number of sulfonamides is 1. The van der Waals surface area contributed by atoms with E-state index in [2.05, 4.69) is 15.0 Å². The van der Waals surface area contributed by atoms with Crippen LogP contribution in [0, 0.1) is 0 Å². The number of hydrogen-bond acceptors (Lipinski definition) is 5. The monoisotopic (exact) mass is 275 g/mol. The Morgan fingerprint density at radius 3 is 2.78 bits per heavy atom. The van der Waals surface area contributed by atoms with Crippen LogP contribution in [0.1, 0.15) is 10.5 Å². The van der Waals surface area contributed by atoms with Gasteiger partial charge in [-0.15, -0.1) is 0 Å². The van der Waals surface area contributed by atoms with E-state index in [0.717, 1.165) is 0 Å². The molecule has 1 heterocycles. The Labute approximate surface area is 106 Å². The van der Waals surface area contributed by atoms with Crippen LogP contribution in [-0.4, -0.2) is 58.0 Å². The minimum Gasteiger partial charge on any atom is -0.464 e. The van der Waals surface area contributed by atoms with Gasteiger partial charge < -0.3 is 15.0 Å². The van der Waals surface area contributed by atoms with Crippen molar-refractivity contribution in [2.24, 2.45) is 0 Å². The maximum absolute atomic E-state index is 12.1. The number of ether oxygens (including phenoxy) is 1. The molecule has 0 amide bonds. The molecule has 102 valence electrons. The van der Waals surface area contributed by atoms with Crippen molar-refractivity contribution in [3.63, 3.8) is 0 Å². The molecule has 0 aliphatic heterocycles. The van der Waals surface area contributed by atoms with Gasteiger partial charge in [-0.1, -0.05) is 0 Å². The number of nitrogens with one attached hydrogen (secondary N) is 2. The van der Waals surface area contributed by atoms with Crippen molar-refractivity contribution in [3.05, 3.63) is 18.0 Å². The van der Waals surface area contributed by atoms with E-state index in [1.807, 2.05) is 0 Å².